The number of pyridine rings is 1. The Labute approximate surface area is 117 Å². The number of hydrogen-bond donors (Lipinski definition) is 2. The van der Waals surface area contributed by atoms with E-state index in [2.05, 4.69) is 10.3 Å². The van der Waals surface area contributed by atoms with Gasteiger partial charge in [-0.15, -0.1) is 0 Å². The van der Waals surface area contributed by atoms with Gasteiger partial charge in [0.15, 0.2) is 0 Å². The summed E-state index contributed by atoms with van der Waals surface area (Å²) in [6.07, 6.45) is 2.90. The fourth-order valence-electron chi connectivity index (χ4n) is 2.50. The van der Waals surface area contributed by atoms with Gasteiger partial charge in [-0.1, -0.05) is 6.07 Å². The van der Waals surface area contributed by atoms with Crippen LogP contribution in [0.1, 0.15) is 12.8 Å². The quantitative estimate of drug-likeness (QED) is 0.884. The van der Waals surface area contributed by atoms with Crippen molar-refractivity contribution < 1.29 is 13.5 Å². The number of aromatic nitrogens is 1. The second kappa shape index (κ2) is 4.94. The average Bonchev–Trinajstić information content (AvgIpc) is 2.42. The van der Waals surface area contributed by atoms with Gasteiger partial charge >= 0.3 is 0 Å². The minimum absolute atomic E-state index is 0.110. The van der Waals surface area contributed by atoms with Crippen molar-refractivity contribution in [2.24, 2.45) is 0 Å². The summed E-state index contributed by atoms with van der Waals surface area (Å²) in [5.41, 5.74) is 0. The summed E-state index contributed by atoms with van der Waals surface area (Å²) in [6, 6.07) is 7.14. The van der Waals surface area contributed by atoms with Crippen molar-refractivity contribution in [3.63, 3.8) is 0 Å². The molecule has 0 bridgehead atoms. The molecule has 0 amide bonds. The number of fused-ring (bicyclic) bond motifs is 1. The van der Waals surface area contributed by atoms with Crippen molar-refractivity contribution in [2.75, 3.05) is 16.8 Å². The first-order valence-electron chi connectivity index (χ1n) is 6.58. The summed E-state index contributed by atoms with van der Waals surface area (Å²) in [4.78, 5) is 4.31. The Kier molecular flexibility index (Phi) is 3.25. The number of phenolic OH excluding ortho intramolecular Hbond substituents is 1. The first-order valence-corrected chi connectivity index (χ1v) is 8.40. The Morgan fingerprint density at radius 1 is 1.20 bits per heavy atom. The van der Waals surface area contributed by atoms with Crippen molar-refractivity contribution in [1.29, 1.82) is 0 Å². The van der Waals surface area contributed by atoms with Crippen LogP contribution in [0.5, 0.6) is 5.75 Å². The lowest BCUT2D eigenvalue weighted by atomic mass is 10.1. The van der Waals surface area contributed by atoms with E-state index in [9.17, 15) is 13.5 Å². The molecule has 1 aromatic heterocycles. The molecule has 2 heterocycles. The first-order chi connectivity index (χ1) is 9.53. The molecule has 0 spiro atoms. The van der Waals surface area contributed by atoms with E-state index in [1.807, 2.05) is 12.1 Å². The van der Waals surface area contributed by atoms with Crippen LogP contribution in [0.2, 0.25) is 0 Å². The number of nitrogens with one attached hydrogen (secondary N) is 1. The molecule has 6 heteroatoms. The number of rotatable bonds is 2. The van der Waals surface area contributed by atoms with E-state index >= 15 is 0 Å². The van der Waals surface area contributed by atoms with Gasteiger partial charge in [-0.3, -0.25) is 0 Å². The Bertz CT molecular complexity index is 729. The molecule has 0 unspecified atom stereocenters. The standard InChI is InChI=1S/C14H16N2O3S/c17-12-2-1-10-3-6-15-14(13(10)9-12)16-11-4-7-20(18,19)8-5-11/h1-3,6,9,11,17H,4-5,7-8H2,(H,15,16). The molecule has 1 aromatic carbocycles. The molecule has 0 atom stereocenters. The van der Waals surface area contributed by atoms with E-state index < -0.39 is 9.84 Å². The largest absolute Gasteiger partial charge is 0.508 e. The molecule has 5 nitrogen and oxygen atoms in total. The molecule has 106 valence electrons. The Hall–Kier alpha value is -1.82. The van der Waals surface area contributed by atoms with E-state index in [0.717, 1.165) is 10.8 Å². The van der Waals surface area contributed by atoms with Gasteiger partial charge in [-0.2, -0.15) is 0 Å². The van der Waals surface area contributed by atoms with Crippen LogP contribution in [0, 0.1) is 0 Å². The lowest BCUT2D eigenvalue weighted by Gasteiger charge is -2.24. The highest BCUT2D eigenvalue weighted by Gasteiger charge is 2.24. The molecule has 1 fully saturated rings. The smallest absolute Gasteiger partial charge is 0.150 e. The van der Waals surface area contributed by atoms with Gasteiger partial charge < -0.3 is 10.4 Å². The summed E-state index contributed by atoms with van der Waals surface area (Å²) < 4.78 is 22.9. The van der Waals surface area contributed by atoms with Crippen LogP contribution in [0.25, 0.3) is 10.8 Å². The summed E-state index contributed by atoms with van der Waals surface area (Å²) in [5.74, 6) is 1.34. The van der Waals surface area contributed by atoms with Crippen molar-refractivity contribution in [3.8, 4) is 5.75 Å². The van der Waals surface area contributed by atoms with Gasteiger partial charge in [0.05, 0.1) is 11.5 Å². The number of nitrogens with zero attached hydrogens (tertiary/aromatic N) is 1. The molecule has 1 aliphatic heterocycles. The summed E-state index contributed by atoms with van der Waals surface area (Å²) in [5, 5.41) is 14.7. The number of sulfone groups is 1. The third-order valence-corrected chi connectivity index (χ3v) is 5.36. The van der Waals surface area contributed by atoms with Gasteiger partial charge in [-0.25, -0.2) is 13.4 Å². The van der Waals surface area contributed by atoms with E-state index in [-0.39, 0.29) is 23.3 Å². The van der Waals surface area contributed by atoms with E-state index in [1.54, 1.807) is 18.3 Å². The van der Waals surface area contributed by atoms with Crippen molar-refractivity contribution >= 4 is 26.4 Å². The van der Waals surface area contributed by atoms with E-state index in [1.165, 1.54) is 0 Å². The van der Waals surface area contributed by atoms with Crippen LogP contribution in [0.15, 0.2) is 30.5 Å². The minimum atomic E-state index is -2.86. The van der Waals surface area contributed by atoms with Gasteiger partial charge in [0.2, 0.25) is 0 Å². The van der Waals surface area contributed by atoms with Crippen molar-refractivity contribution in [3.05, 3.63) is 30.5 Å². The Morgan fingerprint density at radius 2 is 1.95 bits per heavy atom. The Balaban J connectivity index is 1.86. The van der Waals surface area contributed by atoms with Crippen LogP contribution in [0.4, 0.5) is 5.82 Å². The first kappa shape index (κ1) is 13.2. The van der Waals surface area contributed by atoms with Gasteiger partial charge in [0, 0.05) is 17.6 Å². The maximum atomic E-state index is 11.4. The van der Waals surface area contributed by atoms with Gasteiger partial charge in [-0.05, 0) is 36.4 Å². The topological polar surface area (TPSA) is 79.3 Å². The fraction of sp³-hybridized carbons (Fsp3) is 0.357. The number of anilines is 1. The highest BCUT2D eigenvalue weighted by molar-refractivity contribution is 7.91. The minimum Gasteiger partial charge on any atom is -0.508 e. The summed E-state index contributed by atoms with van der Waals surface area (Å²) in [7, 11) is -2.86. The third kappa shape index (κ3) is 2.70. The number of phenols is 1. The zero-order valence-corrected chi connectivity index (χ0v) is 11.7. The van der Waals surface area contributed by atoms with E-state index in [4.69, 9.17) is 0 Å². The van der Waals surface area contributed by atoms with Crippen LogP contribution < -0.4 is 5.32 Å². The third-order valence-electron chi connectivity index (χ3n) is 3.65. The predicted octanol–water partition coefficient (Wildman–Crippen LogP) is 1.93. The summed E-state index contributed by atoms with van der Waals surface area (Å²) >= 11 is 0. The highest BCUT2D eigenvalue weighted by Crippen LogP contribution is 2.27. The highest BCUT2D eigenvalue weighted by atomic mass is 32.2. The maximum absolute atomic E-state index is 11.4. The molecule has 2 aromatic rings. The van der Waals surface area contributed by atoms with Crippen LogP contribution in [0.3, 0.4) is 0 Å². The second-order valence-electron chi connectivity index (χ2n) is 5.14. The molecule has 1 aliphatic rings. The monoisotopic (exact) mass is 292 g/mol. The molecule has 20 heavy (non-hydrogen) atoms. The fourth-order valence-corrected chi connectivity index (χ4v) is 3.99. The zero-order valence-electron chi connectivity index (χ0n) is 10.9. The average molecular weight is 292 g/mol. The SMILES string of the molecule is O=S1(=O)CCC(Nc2nccc3ccc(O)cc23)CC1. The van der Waals surface area contributed by atoms with Gasteiger partial charge in [0.25, 0.3) is 0 Å². The predicted molar refractivity (Wildman–Crippen MR) is 78.7 cm³/mol. The molecule has 0 saturated carbocycles. The number of hydrogen-bond acceptors (Lipinski definition) is 5. The molecule has 0 radical (unpaired) electrons. The normalized spacial score (nSPS) is 19.0. The number of benzene rings is 1. The molecule has 0 aliphatic carbocycles. The summed E-state index contributed by atoms with van der Waals surface area (Å²) in [6.45, 7) is 0. The zero-order chi connectivity index (χ0) is 14.2. The lowest BCUT2D eigenvalue weighted by molar-refractivity contribution is 0.476. The molecule has 1 saturated heterocycles. The van der Waals surface area contributed by atoms with Crippen molar-refractivity contribution in [2.45, 2.75) is 18.9 Å². The van der Waals surface area contributed by atoms with Crippen molar-refractivity contribution in [1.82, 2.24) is 4.98 Å². The molecular formula is C14H16N2O3S. The second-order valence-corrected chi connectivity index (χ2v) is 7.44. The van der Waals surface area contributed by atoms with Crippen LogP contribution >= 0.6 is 0 Å². The van der Waals surface area contributed by atoms with E-state index in [0.29, 0.717) is 18.7 Å². The number of aromatic hydroxyl groups is 1. The Morgan fingerprint density at radius 3 is 2.70 bits per heavy atom. The van der Waals surface area contributed by atoms with Crippen LogP contribution in [-0.4, -0.2) is 36.1 Å². The lowest BCUT2D eigenvalue weighted by Crippen LogP contribution is -2.32. The molecule has 2 N–H and O–H groups in total. The molecular weight excluding hydrogens is 276 g/mol. The van der Waals surface area contributed by atoms with Crippen LogP contribution in [-0.2, 0) is 9.84 Å². The molecule has 3 rings (SSSR count). The maximum Gasteiger partial charge on any atom is 0.150 e. The van der Waals surface area contributed by atoms with Gasteiger partial charge in [0.1, 0.15) is 21.4 Å².